The fraction of sp³-hybridized carbons (Fsp3) is 0.455. The lowest BCUT2D eigenvalue weighted by Crippen LogP contribution is -2.39. The van der Waals surface area contributed by atoms with E-state index in [-0.39, 0.29) is 6.03 Å². The van der Waals surface area contributed by atoms with Crippen LogP contribution in [0.15, 0.2) is 42.6 Å². The van der Waals surface area contributed by atoms with Crippen molar-refractivity contribution in [1.82, 2.24) is 15.2 Å². The van der Waals surface area contributed by atoms with E-state index in [0.29, 0.717) is 19.6 Å². The topological polar surface area (TPSA) is 48.5 Å². The second-order valence-electron chi connectivity index (χ2n) is 7.23. The second kappa shape index (κ2) is 9.40. The molecule has 0 atom stereocenters. The highest BCUT2D eigenvalue weighted by Crippen LogP contribution is 2.18. The highest BCUT2D eigenvalue weighted by Gasteiger charge is 2.14. The number of hydrogen-bond donors (Lipinski definition) is 1. The number of carbonyl (C=O) groups excluding carboxylic acids is 1. The van der Waals surface area contributed by atoms with Crippen LogP contribution in [0.25, 0.3) is 0 Å². The van der Waals surface area contributed by atoms with Gasteiger partial charge in [-0.05, 0) is 56.4 Å². The second-order valence-corrected chi connectivity index (χ2v) is 7.23. The molecule has 0 spiro atoms. The Balaban J connectivity index is 1.57. The van der Waals surface area contributed by atoms with Gasteiger partial charge in [-0.2, -0.15) is 0 Å². The van der Waals surface area contributed by atoms with Crippen molar-refractivity contribution < 1.29 is 4.79 Å². The minimum absolute atomic E-state index is 0.0321. The molecule has 1 fully saturated rings. The largest absolute Gasteiger partial charge is 0.357 e. The number of nitrogens with zero attached hydrogens (tertiary/aromatic N) is 3. The van der Waals surface area contributed by atoms with Gasteiger partial charge in [-0.15, -0.1) is 0 Å². The van der Waals surface area contributed by atoms with E-state index in [1.807, 2.05) is 30.2 Å². The van der Waals surface area contributed by atoms with E-state index in [9.17, 15) is 4.79 Å². The Kier molecular flexibility index (Phi) is 6.69. The minimum Gasteiger partial charge on any atom is -0.357 e. The molecule has 2 amide bonds. The van der Waals surface area contributed by atoms with Gasteiger partial charge in [0.15, 0.2) is 0 Å². The lowest BCUT2D eigenvalue weighted by atomic mass is 10.1. The molecule has 2 aromatic rings. The third kappa shape index (κ3) is 5.46. The molecule has 0 saturated carbocycles. The normalized spacial score (nSPS) is 14.1. The zero-order valence-electron chi connectivity index (χ0n) is 16.4. The Morgan fingerprint density at radius 3 is 2.70 bits per heavy atom. The summed E-state index contributed by atoms with van der Waals surface area (Å²) in [5, 5.41) is 3.06. The molecule has 1 aromatic heterocycles. The number of pyridine rings is 1. The van der Waals surface area contributed by atoms with Crippen molar-refractivity contribution in [3.05, 3.63) is 59.3 Å². The van der Waals surface area contributed by atoms with Crippen LogP contribution in [0.3, 0.4) is 0 Å². The summed E-state index contributed by atoms with van der Waals surface area (Å²) in [6, 6.07) is 12.3. The Hall–Kier alpha value is -2.56. The van der Waals surface area contributed by atoms with Crippen molar-refractivity contribution in [3.8, 4) is 0 Å². The fourth-order valence-electron chi connectivity index (χ4n) is 3.51. The number of rotatable bonds is 6. The molecule has 3 rings (SSSR count). The van der Waals surface area contributed by atoms with Gasteiger partial charge < -0.3 is 15.1 Å². The first-order valence-corrected chi connectivity index (χ1v) is 9.94. The Morgan fingerprint density at radius 1 is 1.15 bits per heavy atom. The molecule has 2 heterocycles. The van der Waals surface area contributed by atoms with E-state index in [1.165, 1.54) is 24.8 Å². The number of amides is 2. The van der Waals surface area contributed by atoms with Crippen molar-refractivity contribution in [2.45, 2.75) is 46.2 Å². The zero-order chi connectivity index (χ0) is 19.1. The maximum Gasteiger partial charge on any atom is 0.317 e. The summed E-state index contributed by atoms with van der Waals surface area (Å²) in [7, 11) is 0. The number of urea groups is 1. The molecule has 1 aliphatic heterocycles. The summed E-state index contributed by atoms with van der Waals surface area (Å²) in [6.45, 7) is 8.05. The van der Waals surface area contributed by atoms with Crippen LogP contribution in [0.1, 0.15) is 42.9 Å². The molecule has 1 aliphatic rings. The first-order chi connectivity index (χ1) is 13.2. The number of piperidine rings is 1. The number of carbonyl (C=O) groups is 1. The van der Waals surface area contributed by atoms with Crippen LogP contribution in [0.5, 0.6) is 0 Å². The van der Waals surface area contributed by atoms with E-state index in [4.69, 9.17) is 0 Å². The smallest absolute Gasteiger partial charge is 0.317 e. The molecule has 1 saturated heterocycles. The first kappa shape index (κ1) is 19.2. The van der Waals surface area contributed by atoms with Crippen LogP contribution in [-0.4, -0.2) is 35.5 Å². The van der Waals surface area contributed by atoms with E-state index in [0.717, 1.165) is 30.0 Å². The molecule has 144 valence electrons. The molecule has 27 heavy (non-hydrogen) atoms. The van der Waals surface area contributed by atoms with Gasteiger partial charge in [0.1, 0.15) is 5.82 Å². The van der Waals surface area contributed by atoms with E-state index in [1.54, 1.807) is 0 Å². The Bertz CT molecular complexity index is 755. The summed E-state index contributed by atoms with van der Waals surface area (Å²) in [6.07, 6.45) is 5.61. The quantitative estimate of drug-likeness (QED) is 0.837. The predicted molar refractivity (Wildman–Crippen MR) is 110 cm³/mol. The summed E-state index contributed by atoms with van der Waals surface area (Å²) in [5.41, 5.74) is 3.46. The van der Waals surface area contributed by atoms with Gasteiger partial charge in [-0.1, -0.05) is 29.8 Å². The van der Waals surface area contributed by atoms with Crippen molar-refractivity contribution in [1.29, 1.82) is 0 Å². The molecular weight excluding hydrogens is 336 g/mol. The maximum absolute atomic E-state index is 12.6. The molecule has 1 aromatic carbocycles. The summed E-state index contributed by atoms with van der Waals surface area (Å²) >= 11 is 0. The van der Waals surface area contributed by atoms with Gasteiger partial charge in [0, 0.05) is 38.9 Å². The van der Waals surface area contributed by atoms with E-state index in [2.05, 4.69) is 46.4 Å². The fourth-order valence-corrected chi connectivity index (χ4v) is 3.51. The highest BCUT2D eigenvalue weighted by atomic mass is 16.2. The standard InChI is InChI=1S/C22H30N4O/c1-3-25(17-20-9-7-8-18(2)14-20)22(27)24-16-19-10-11-23-21(15-19)26-12-5-4-6-13-26/h7-11,14-15H,3-6,12-13,16-17H2,1-2H3,(H,24,27). The lowest BCUT2D eigenvalue weighted by Gasteiger charge is -2.28. The molecular formula is C22H30N4O. The van der Waals surface area contributed by atoms with Crippen molar-refractivity contribution in [3.63, 3.8) is 0 Å². The maximum atomic E-state index is 12.6. The summed E-state index contributed by atoms with van der Waals surface area (Å²) in [4.78, 5) is 21.3. The number of aromatic nitrogens is 1. The average Bonchev–Trinajstić information content (AvgIpc) is 2.71. The van der Waals surface area contributed by atoms with Crippen LogP contribution in [0.4, 0.5) is 10.6 Å². The number of benzene rings is 1. The molecule has 0 unspecified atom stereocenters. The van der Waals surface area contributed by atoms with Gasteiger partial charge >= 0.3 is 6.03 Å². The summed E-state index contributed by atoms with van der Waals surface area (Å²) < 4.78 is 0. The number of anilines is 1. The van der Waals surface area contributed by atoms with E-state index < -0.39 is 0 Å². The molecule has 0 bridgehead atoms. The molecule has 5 nitrogen and oxygen atoms in total. The first-order valence-electron chi connectivity index (χ1n) is 9.94. The SMILES string of the molecule is CCN(Cc1cccc(C)c1)C(=O)NCc1ccnc(N2CCCCC2)c1. The van der Waals surface area contributed by atoms with Gasteiger partial charge in [0.2, 0.25) is 0 Å². The van der Waals surface area contributed by atoms with Gasteiger partial charge in [0.25, 0.3) is 0 Å². The van der Waals surface area contributed by atoms with Gasteiger partial charge in [0.05, 0.1) is 0 Å². The highest BCUT2D eigenvalue weighted by molar-refractivity contribution is 5.74. The van der Waals surface area contributed by atoms with E-state index >= 15 is 0 Å². The van der Waals surface area contributed by atoms with Gasteiger partial charge in [-0.3, -0.25) is 0 Å². The van der Waals surface area contributed by atoms with Crippen LogP contribution in [0, 0.1) is 6.92 Å². The zero-order valence-corrected chi connectivity index (χ0v) is 16.4. The minimum atomic E-state index is -0.0321. The van der Waals surface area contributed by atoms with Gasteiger partial charge in [-0.25, -0.2) is 9.78 Å². The molecule has 5 heteroatoms. The van der Waals surface area contributed by atoms with Crippen LogP contribution in [0.2, 0.25) is 0 Å². The third-order valence-electron chi connectivity index (χ3n) is 5.06. The third-order valence-corrected chi connectivity index (χ3v) is 5.06. The lowest BCUT2D eigenvalue weighted by molar-refractivity contribution is 0.197. The van der Waals surface area contributed by atoms with Crippen molar-refractivity contribution in [2.24, 2.45) is 0 Å². The molecule has 1 N–H and O–H groups in total. The Morgan fingerprint density at radius 2 is 1.96 bits per heavy atom. The monoisotopic (exact) mass is 366 g/mol. The van der Waals surface area contributed by atoms with Crippen LogP contribution >= 0.6 is 0 Å². The molecule has 0 aliphatic carbocycles. The van der Waals surface area contributed by atoms with Crippen LogP contribution in [-0.2, 0) is 13.1 Å². The number of hydrogen-bond acceptors (Lipinski definition) is 3. The molecule has 0 radical (unpaired) electrons. The van der Waals surface area contributed by atoms with Crippen molar-refractivity contribution >= 4 is 11.8 Å². The predicted octanol–water partition coefficient (Wildman–Crippen LogP) is 4.11. The number of aryl methyl sites for hydroxylation is 1. The average molecular weight is 367 g/mol. The van der Waals surface area contributed by atoms with Crippen LogP contribution < -0.4 is 10.2 Å². The Labute approximate surface area is 162 Å². The summed E-state index contributed by atoms with van der Waals surface area (Å²) in [5.74, 6) is 1.02. The van der Waals surface area contributed by atoms with Crippen molar-refractivity contribution in [2.75, 3.05) is 24.5 Å². The number of nitrogens with one attached hydrogen (secondary N) is 1.